The summed E-state index contributed by atoms with van der Waals surface area (Å²) in [5.74, 6) is 8.46. The van der Waals surface area contributed by atoms with E-state index in [4.69, 9.17) is 0 Å². The van der Waals surface area contributed by atoms with Crippen LogP contribution in [0.15, 0.2) is 85.5 Å². The fourth-order valence-corrected chi connectivity index (χ4v) is 5.33. The maximum Gasteiger partial charge on any atom is 0.0249 e. The Balaban J connectivity index is 1.27. The van der Waals surface area contributed by atoms with Gasteiger partial charge >= 0.3 is 0 Å². The molecule has 0 heteroatoms. The summed E-state index contributed by atoms with van der Waals surface area (Å²) in [5.41, 5.74) is 7.52. The Kier molecular flexibility index (Phi) is 9.42. The lowest BCUT2D eigenvalue weighted by molar-refractivity contribution is 0.254. The van der Waals surface area contributed by atoms with E-state index < -0.39 is 0 Å². The lowest BCUT2D eigenvalue weighted by Crippen LogP contribution is -2.15. The lowest BCUT2D eigenvalue weighted by atomic mass is 9.78. The third kappa shape index (κ3) is 7.73. The van der Waals surface area contributed by atoms with Crippen LogP contribution < -0.4 is 0 Å². The number of hydrogen-bond donors (Lipinski definition) is 0. The van der Waals surface area contributed by atoms with E-state index in [2.05, 4.69) is 104 Å². The summed E-state index contributed by atoms with van der Waals surface area (Å²) in [6.45, 7) is 6.08. The molecule has 1 aliphatic rings. The number of aryl methyl sites for hydroxylation is 2. The van der Waals surface area contributed by atoms with Gasteiger partial charge in [0.05, 0.1) is 0 Å². The third-order valence-electron chi connectivity index (χ3n) is 7.60. The van der Waals surface area contributed by atoms with Gasteiger partial charge in [-0.15, -0.1) is 6.58 Å². The van der Waals surface area contributed by atoms with Crippen LogP contribution in [0.2, 0.25) is 0 Å². The fourth-order valence-electron chi connectivity index (χ4n) is 5.33. The molecule has 0 aliphatic heterocycles. The molecule has 1 fully saturated rings. The van der Waals surface area contributed by atoms with Crippen LogP contribution in [0.3, 0.4) is 0 Å². The van der Waals surface area contributed by atoms with Gasteiger partial charge < -0.3 is 0 Å². The van der Waals surface area contributed by atoms with Crippen LogP contribution in [0.5, 0.6) is 0 Å². The van der Waals surface area contributed by atoms with Crippen molar-refractivity contribution in [2.24, 2.45) is 11.8 Å². The molecule has 0 nitrogen and oxygen atoms in total. The van der Waals surface area contributed by atoms with E-state index >= 15 is 0 Å². The molecule has 0 N–H and O–H groups in total. The molecule has 0 atom stereocenters. The van der Waals surface area contributed by atoms with Gasteiger partial charge in [-0.25, -0.2) is 0 Å². The first-order valence-electron chi connectivity index (χ1n) is 13.6. The van der Waals surface area contributed by atoms with Crippen LogP contribution in [0, 0.1) is 23.7 Å². The Morgan fingerprint density at radius 3 is 1.66 bits per heavy atom. The smallest absolute Gasteiger partial charge is 0.0249 e. The van der Waals surface area contributed by atoms with E-state index in [0.717, 1.165) is 29.4 Å². The summed E-state index contributed by atoms with van der Waals surface area (Å²) in [6, 6.07) is 26.5. The molecule has 0 saturated heterocycles. The Bertz CT molecular complexity index is 1100. The first-order valence-corrected chi connectivity index (χ1v) is 13.6. The number of rotatable bonds is 9. The molecule has 0 aromatic heterocycles. The van der Waals surface area contributed by atoms with Gasteiger partial charge in [-0.3, -0.25) is 0 Å². The van der Waals surface area contributed by atoms with Gasteiger partial charge in [0, 0.05) is 11.1 Å². The van der Waals surface area contributed by atoms with Gasteiger partial charge in [0.25, 0.3) is 0 Å². The van der Waals surface area contributed by atoms with Crippen molar-refractivity contribution in [3.63, 3.8) is 0 Å². The summed E-state index contributed by atoms with van der Waals surface area (Å²) in [6.07, 6.45) is 15.1. The van der Waals surface area contributed by atoms with Gasteiger partial charge in [-0.1, -0.05) is 105 Å². The Morgan fingerprint density at radius 2 is 1.11 bits per heavy atom. The van der Waals surface area contributed by atoms with E-state index in [1.165, 1.54) is 80.0 Å². The van der Waals surface area contributed by atoms with Crippen molar-refractivity contribution in [1.82, 2.24) is 0 Å². The van der Waals surface area contributed by atoms with Crippen molar-refractivity contribution in [3.8, 4) is 23.0 Å². The lowest BCUT2D eigenvalue weighted by Gasteiger charge is -2.28. The second-order valence-corrected chi connectivity index (χ2v) is 10.3. The predicted molar refractivity (Wildman–Crippen MR) is 151 cm³/mol. The highest BCUT2D eigenvalue weighted by Gasteiger charge is 2.20. The molecular formula is C35H40. The molecule has 1 saturated carbocycles. The maximum atomic E-state index is 3.87. The summed E-state index contributed by atoms with van der Waals surface area (Å²) in [5, 5.41) is 0. The molecule has 4 rings (SSSR count). The molecule has 0 radical (unpaired) electrons. The molecule has 35 heavy (non-hydrogen) atoms. The first kappa shape index (κ1) is 25.1. The van der Waals surface area contributed by atoms with E-state index in [1.807, 2.05) is 0 Å². The third-order valence-corrected chi connectivity index (χ3v) is 7.60. The normalized spacial score (nSPS) is 17.4. The highest BCUT2D eigenvalue weighted by Crippen LogP contribution is 2.34. The van der Waals surface area contributed by atoms with E-state index in [0.29, 0.717) is 0 Å². The van der Waals surface area contributed by atoms with Crippen molar-refractivity contribution in [2.75, 3.05) is 0 Å². The van der Waals surface area contributed by atoms with E-state index in [9.17, 15) is 0 Å². The van der Waals surface area contributed by atoms with Gasteiger partial charge in [0.1, 0.15) is 0 Å². The highest BCUT2D eigenvalue weighted by atomic mass is 14.3. The Labute approximate surface area is 213 Å². The van der Waals surface area contributed by atoms with Gasteiger partial charge in [0.15, 0.2) is 0 Å². The topological polar surface area (TPSA) is 0 Å². The van der Waals surface area contributed by atoms with Crippen molar-refractivity contribution in [2.45, 2.75) is 71.1 Å². The zero-order valence-electron chi connectivity index (χ0n) is 21.4. The Hall–Kier alpha value is -3.04. The van der Waals surface area contributed by atoms with Crippen molar-refractivity contribution in [3.05, 3.63) is 108 Å². The molecule has 0 bridgehead atoms. The average molecular weight is 461 g/mol. The maximum absolute atomic E-state index is 3.87. The highest BCUT2D eigenvalue weighted by molar-refractivity contribution is 5.64. The number of allylic oxidation sites excluding steroid dienone is 1. The van der Waals surface area contributed by atoms with Crippen LogP contribution in [-0.2, 0) is 12.8 Å². The van der Waals surface area contributed by atoms with Gasteiger partial charge in [-0.2, -0.15) is 0 Å². The monoisotopic (exact) mass is 460 g/mol. The molecule has 3 aromatic carbocycles. The molecule has 0 amide bonds. The summed E-state index contributed by atoms with van der Waals surface area (Å²) in [7, 11) is 0. The SMILES string of the molecule is C=CCC[C@H]1CC[C@H](CCc2ccc(-c3ccc(C#Cc4ccc(CCC)cc4)cc3)cc2)CC1. The summed E-state index contributed by atoms with van der Waals surface area (Å²) < 4.78 is 0. The molecule has 1 aliphatic carbocycles. The van der Waals surface area contributed by atoms with Crippen molar-refractivity contribution >= 4 is 0 Å². The van der Waals surface area contributed by atoms with Crippen molar-refractivity contribution in [1.29, 1.82) is 0 Å². The Morgan fingerprint density at radius 1 is 0.657 bits per heavy atom. The predicted octanol–water partition coefficient (Wildman–Crippen LogP) is 9.41. The molecule has 180 valence electrons. The number of hydrogen-bond acceptors (Lipinski definition) is 0. The van der Waals surface area contributed by atoms with Crippen LogP contribution in [0.1, 0.15) is 80.5 Å². The molecule has 0 heterocycles. The zero-order valence-corrected chi connectivity index (χ0v) is 21.4. The van der Waals surface area contributed by atoms with E-state index in [1.54, 1.807) is 0 Å². The standard InChI is InChI=1S/C35H40/c1-3-5-7-29-10-14-31(15-11-29)17-19-33-22-26-35(27-23-33)34-24-20-32(21-25-34)18-16-30-12-8-28(6-4-2)9-13-30/h3,8-9,12-13,20-27,29,31H,1,4-7,10-11,14-15,17,19H2,2H3/t29-,31-. The minimum atomic E-state index is 0.914. The quantitative estimate of drug-likeness (QED) is 0.220. The van der Waals surface area contributed by atoms with Crippen LogP contribution in [0.4, 0.5) is 0 Å². The minimum Gasteiger partial charge on any atom is -0.103 e. The second kappa shape index (κ2) is 13.2. The summed E-state index contributed by atoms with van der Waals surface area (Å²) in [4.78, 5) is 0. The van der Waals surface area contributed by atoms with Crippen LogP contribution in [0.25, 0.3) is 11.1 Å². The largest absolute Gasteiger partial charge is 0.103 e. The average Bonchev–Trinajstić information content (AvgIpc) is 2.92. The zero-order chi connectivity index (χ0) is 24.3. The van der Waals surface area contributed by atoms with E-state index in [-0.39, 0.29) is 0 Å². The molecule has 3 aromatic rings. The van der Waals surface area contributed by atoms with Gasteiger partial charge in [0.2, 0.25) is 0 Å². The molecule has 0 unspecified atom stereocenters. The molecule has 0 spiro atoms. The first-order chi connectivity index (χ1) is 17.2. The van der Waals surface area contributed by atoms with Crippen LogP contribution in [-0.4, -0.2) is 0 Å². The minimum absolute atomic E-state index is 0.914. The van der Waals surface area contributed by atoms with Crippen LogP contribution >= 0.6 is 0 Å². The van der Waals surface area contributed by atoms with Crippen molar-refractivity contribution < 1.29 is 0 Å². The fraction of sp³-hybridized carbons (Fsp3) is 0.371. The second-order valence-electron chi connectivity index (χ2n) is 10.3. The molecular weight excluding hydrogens is 420 g/mol. The van der Waals surface area contributed by atoms with Gasteiger partial charge in [-0.05, 0) is 90.5 Å². The number of benzene rings is 3. The summed E-state index contributed by atoms with van der Waals surface area (Å²) >= 11 is 0.